The zero-order valence-corrected chi connectivity index (χ0v) is 24.6. The summed E-state index contributed by atoms with van der Waals surface area (Å²) in [6.45, 7) is 9.84. The van der Waals surface area contributed by atoms with Crippen LogP contribution in [0.2, 0.25) is 10.0 Å². The lowest BCUT2D eigenvalue weighted by molar-refractivity contribution is -0.124. The van der Waals surface area contributed by atoms with Crippen molar-refractivity contribution in [2.24, 2.45) is 5.92 Å². The number of hydrogen-bond donors (Lipinski definition) is 3. The van der Waals surface area contributed by atoms with Crippen molar-refractivity contribution in [3.63, 3.8) is 0 Å². The summed E-state index contributed by atoms with van der Waals surface area (Å²) >= 11 is 12.4. The van der Waals surface area contributed by atoms with Gasteiger partial charge in [-0.15, -0.1) is 0 Å². The highest BCUT2D eigenvalue weighted by molar-refractivity contribution is 6.34. The Balaban J connectivity index is 1.58. The molecule has 0 saturated heterocycles. The molecule has 9 heteroatoms. The van der Waals surface area contributed by atoms with E-state index < -0.39 is 0 Å². The van der Waals surface area contributed by atoms with E-state index in [-0.39, 0.29) is 29.7 Å². The minimum Gasteiger partial charge on any atom is -0.352 e. The van der Waals surface area contributed by atoms with Gasteiger partial charge in [0.15, 0.2) is 0 Å². The van der Waals surface area contributed by atoms with E-state index in [0.29, 0.717) is 39.2 Å². The van der Waals surface area contributed by atoms with E-state index in [1.165, 1.54) is 0 Å². The van der Waals surface area contributed by atoms with E-state index in [1.807, 2.05) is 57.4 Å². The zero-order chi connectivity index (χ0) is 29.1. The van der Waals surface area contributed by atoms with E-state index >= 15 is 0 Å². The number of hydrogen-bond acceptors (Lipinski definition) is 3. The number of benzene rings is 3. The molecule has 7 nitrogen and oxygen atoms in total. The zero-order valence-electron chi connectivity index (χ0n) is 23.1. The first kappa shape index (κ1) is 29.2. The summed E-state index contributed by atoms with van der Waals surface area (Å²) in [4.78, 5) is 38.4. The molecule has 4 rings (SSSR count). The number of aryl methyl sites for hydroxylation is 1. The van der Waals surface area contributed by atoms with Gasteiger partial charge in [-0.05, 0) is 86.5 Å². The van der Waals surface area contributed by atoms with Gasteiger partial charge in [0.25, 0.3) is 11.8 Å². The monoisotopic (exact) mass is 578 g/mol. The van der Waals surface area contributed by atoms with Crippen molar-refractivity contribution in [2.75, 3.05) is 10.6 Å². The quantitative estimate of drug-likeness (QED) is 0.201. The predicted octanol–water partition coefficient (Wildman–Crippen LogP) is 7.61. The van der Waals surface area contributed by atoms with Crippen molar-refractivity contribution in [1.29, 1.82) is 0 Å². The number of aromatic nitrogens is 1. The Hall–Kier alpha value is -3.81. The van der Waals surface area contributed by atoms with Gasteiger partial charge in [-0.3, -0.25) is 14.4 Å². The Morgan fingerprint density at radius 1 is 0.850 bits per heavy atom. The Labute approximate surface area is 243 Å². The average molecular weight is 580 g/mol. The van der Waals surface area contributed by atoms with Crippen LogP contribution in [0.4, 0.5) is 11.4 Å². The predicted molar refractivity (Wildman–Crippen MR) is 163 cm³/mol. The fourth-order valence-corrected chi connectivity index (χ4v) is 4.88. The standard InChI is InChI=1S/C31H32Cl2N4O3/c1-17(2)29(38)34-16-20-6-9-25(33)24(13-20)30(39)35-23-8-11-27-21(14-23)15-28(37(27)18(3)4)31(40)36-26-10-7-22(32)12-19(26)5/h6-15,17-18H,16H2,1-5H3,(H,34,38)(H,35,39)(H,36,40). The van der Waals surface area contributed by atoms with Crippen LogP contribution in [0.15, 0.2) is 60.7 Å². The maximum Gasteiger partial charge on any atom is 0.272 e. The topological polar surface area (TPSA) is 92.2 Å². The molecule has 4 aromatic rings. The fourth-order valence-electron chi connectivity index (χ4n) is 4.45. The molecule has 0 unspecified atom stereocenters. The Morgan fingerprint density at radius 3 is 2.27 bits per heavy atom. The van der Waals surface area contributed by atoms with Gasteiger partial charge in [-0.25, -0.2) is 0 Å². The van der Waals surface area contributed by atoms with Crippen molar-refractivity contribution < 1.29 is 14.4 Å². The molecular weight excluding hydrogens is 547 g/mol. The first-order valence-corrected chi connectivity index (χ1v) is 13.8. The SMILES string of the molecule is Cc1cc(Cl)ccc1NC(=O)c1cc2cc(NC(=O)c3cc(CNC(=O)C(C)C)ccc3Cl)ccc2n1C(C)C. The molecule has 208 valence electrons. The van der Waals surface area contributed by atoms with Crippen LogP contribution in [-0.2, 0) is 11.3 Å². The number of fused-ring (bicyclic) bond motifs is 1. The number of halogens is 2. The largest absolute Gasteiger partial charge is 0.352 e. The van der Waals surface area contributed by atoms with Crippen LogP contribution in [0, 0.1) is 12.8 Å². The van der Waals surface area contributed by atoms with Crippen LogP contribution in [-0.4, -0.2) is 22.3 Å². The van der Waals surface area contributed by atoms with Gasteiger partial charge >= 0.3 is 0 Å². The molecule has 0 atom stereocenters. The number of carbonyl (C=O) groups is 3. The number of nitrogens with zero attached hydrogens (tertiary/aromatic N) is 1. The smallest absolute Gasteiger partial charge is 0.272 e. The summed E-state index contributed by atoms with van der Waals surface area (Å²) in [6.07, 6.45) is 0. The van der Waals surface area contributed by atoms with E-state index in [2.05, 4.69) is 16.0 Å². The Bertz CT molecular complexity index is 1610. The van der Waals surface area contributed by atoms with Crippen LogP contribution in [0.25, 0.3) is 10.9 Å². The number of carbonyl (C=O) groups excluding carboxylic acids is 3. The summed E-state index contributed by atoms with van der Waals surface area (Å²) < 4.78 is 1.97. The highest BCUT2D eigenvalue weighted by Crippen LogP contribution is 2.29. The van der Waals surface area contributed by atoms with Crippen LogP contribution in [0.3, 0.4) is 0 Å². The van der Waals surface area contributed by atoms with Crippen LogP contribution in [0.1, 0.15) is 65.7 Å². The van der Waals surface area contributed by atoms with Gasteiger partial charge in [-0.1, -0.05) is 43.1 Å². The molecule has 0 spiro atoms. The van der Waals surface area contributed by atoms with Crippen molar-refractivity contribution in [3.05, 3.63) is 93.1 Å². The van der Waals surface area contributed by atoms with Gasteiger partial charge in [0.2, 0.25) is 5.91 Å². The molecule has 40 heavy (non-hydrogen) atoms. The van der Waals surface area contributed by atoms with Crippen molar-refractivity contribution in [2.45, 2.75) is 47.2 Å². The number of nitrogens with one attached hydrogen (secondary N) is 3. The van der Waals surface area contributed by atoms with E-state index in [9.17, 15) is 14.4 Å². The normalized spacial score (nSPS) is 11.2. The van der Waals surface area contributed by atoms with Gasteiger partial charge in [0.1, 0.15) is 5.69 Å². The summed E-state index contributed by atoms with van der Waals surface area (Å²) in [7, 11) is 0. The molecule has 0 bridgehead atoms. The third-order valence-electron chi connectivity index (χ3n) is 6.55. The molecule has 1 heterocycles. The minimum absolute atomic E-state index is 0.0164. The number of amides is 3. The maximum atomic E-state index is 13.3. The summed E-state index contributed by atoms with van der Waals surface area (Å²) in [5, 5.41) is 10.5. The van der Waals surface area contributed by atoms with Crippen molar-refractivity contribution >= 4 is 63.2 Å². The highest BCUT2D eigenvalue weighted by atomic mass is 35.5. The summed E-state index contributed by atoms with van der Waals surface area (Å²) in [5.41, 5.74) is 4.55. The van der Waals surface area contributed by atoms with Gasteiger partial charge < -0.3 is 20.5 Å². The molecule has 3 amide bonds. The fraction of sp³-hybridized carbons (Fsp3) is 0.258. The van der Waals surface area contributed by atoms with E-state index in [0.717, 1.165) is 22.0 Å². The second kappa shape index (κ2) is 12.1. The third kappa shape index (κ3) is 6.49. The molecule has 0 fully saturated rings. The van der Waals surface area contributed by atoms with Gasteiger partial charge in [0, 0.05) is 45.8 Å². The lowest BCUT2D eigenvalue weighted by Gasteiger charge is -2.15. The van der Waals surface area contributed by atoms with E-state index in [1.54, 1.807) is 42.5 Å². The highest BCUT2D eigenvalue weighted by Gasteiger charge is 2.20. The van der Waals surface area contributed by atoms with Crippen LogP contribution >= 0.6 is 23.2 Å². The molecule has 1 aromatic heterocycles. The second-order valence-electron chi connectivity index (χ2n) is 10.3. The lowest BCUT2D eigenvalue weighted by atomic mass is 10.1. The molecule has 0 radical (unpaired) electrons. The minimum atomic E-state index is -0.374. The third-order valence-corrected chi connectivity index (χ3v) is 7.11. The lowest BCUT2D eigenvalue weighted by Crippen LogP contribution is -2.27. The van der Waals surface area contributed by atoms with Crippen molar-refractivity contribution in [3.8, 4) is 0 Å². The van der Waals surface area contributed by atoms with Gasteiger partial charge in [-0.2, -0.15) is 0 Å². The Kier molecular flexibility index (Phi) is 8.86. The summed E-state index contributed by atoms with van der Waals surface area (Å²) in [6, 6.07) is 17.8. The summed E-state index contributed by atoms with van der Waals surface area (Å²) in [5.74, 6) is -0.822. The molecular formula is C31H32Cl2N4O3. The molecule has 3 aromatic carbocycles. The van der Waals surface area contributed by atoms with E-state index in [4.69, 9.17) is 23.2 Å². The maximum absolute atomic E-state index is 13.3. The van der Waals surface area contributed by atoms with Crippen molar-refractivity contribution in [1.82, 2.24) is 9.88 Å². The number of rotatable bonds is 8. The first-order valence-electron chi connectivity index (χ1n) is 13.0. The molecule has 0 aliphatic rings. The van der Waals surface area contributed by atoms with Crippen LogP contribution in [0.5, 0.6) is 0 Å². The average Bonchev–Trinajstić information content (AvgIpc) is 3.28. The van der Waals surface area contributed by atoms with Gasteiger partial charge in [0.05, 0.1) is 10.6 Å². The molecule has 0 saturated carbocycles. The molecule has 0 aliphatic carbocycles. The number of anilines is 2. The van der Waals surface area contributed by atoms with Crippen LogP contribution < -0.4 is 16.0 Å². The Morgan fingerprint density at radius 2 is 1.60 bits per heavy atom. The second-order valence-corrected chi connectivity index (χ2v) is 11.2. The first-order chi connectivity index (χ1) is 18.9. The molecule has 0 aliphatic heterocycles. The molecule has 3 N–H and O–H groups in total.